The van der Waals surface area contributed by atoms with Crippen LogP contribution in [0, 0.1) is 6.92 Å². The second kappa shape index (κ2) is 6.12. The molecule has 114 valence electrons. The van der Waals surface area contributed by atoms with E-state index in [0.717, 1.165) is 17.8 Å². The molecular formula is C16H23N3OS. The molecule has 0 aliphatic carbocycles. The minimum absolute atomic E-state index is 0.0825. The normalized spacial score (nSPS) is 12.1. The Labute approximate surface area is 130 Å². The fourth-order valence-electron chi connectivity index (χ4n) is 2.17. The van der Waals surface area contributed by atoms with Crippen LogP contribution in [-0.4, -0.2) is 26.6 Å². The van der Waals surface area contributed by atoms with Crippen LogP contribution < -0.4 is 0 Å². The average Bonchev–Trinajstić information content (AvgIpc) is 2.76. The van der Waals surface area contributed by atoms with Gasteiger partial charge in [0.1, 0.15) is 5.75 Å². The molecular weight excluding hydrogens is 282 g/mol. The highest BCUT2D eigenvalue weighted by atomic mass is 32.1. The fraction of sp³-hybridized carbons (Fsp3) is 0.500. The fourth-order valence-corrected chi connectivity index (χ4v) is 2.88. The molecule has 0 bridgehead atoms. The number of phenols is 1. The van der Waals surface area contributed by atoms with Gasteiger partial charge in [-0.15, -0.1) is 5.10 Å². The van der Waals surface area contributed by atoms with Gasteiger partial charge in [0.15, 0.2) is 0 Å². The smallest absolute Gasteiger partial charge is 0.120 e. The number of aromatic nitrogens is 2. The first kappa shape index (κ1) is 15.9. The highest BCUT2D eigenvalue weighted by Crippen LogP contribution is 2.28. The third kappa shape index (κ3) is 4.02. The van der Waals surface area contributed by atoms with Gasteiger partial charge in [-0.1, -0.05) is 37.4 Å². The third-order valence-corrected chi connectivity index (χ3v) is 4.35. The lowest BCUT2D eigenvalue weighted by Gasteiger charge is -2.22. The van der Waals surface area contributed by atoms with Crippen molar-refractivity contribution in [3.05, 3.63) is 39.9 Å². The molecule has 0 saturated heterocycles. The van der Waals surface area contributed by atoms with E-state index >= 15 is 0 Å². The number of aromatic hydroxyl groups is 1. The number of benzene rings is 1. The summed E-state index contributed by atoms with van der Waals surface area (Å²) < 4.78 is 3.96. The summed E-state index contributed by atoms with van der Waals surface area (Å²) >= 11 is 1.43. The van der Waals surface area contributed by atoms with Crippen molar-refractivity contribution < 1.29 is 5.11 Å². The highest BCUT2D eigenvalue weighted by Gasteiger charge is 2.16. The average molecular weight is 305 g/mol. The van der Waals surface area contributed by atoms with E-state index in [2.05, 4.69) is 41.3 Å². The van der Waals surface area contributed by atoms with Crippen LogP contribution in [0.1, 0.15) is 42.5 Å². The summed E-state index contributed by atoms with van der Waals surface area (Å²) in [5.74, 6) is 0.356. The first-order chi connectivity index (χ1) is 9.77. The number of nitrogens with zero attached hydrogens (tertiary/aromatic N) is 3. The zero-order chi connectivity index (χ0) is 15.6. The number of hydrogen-bond acceptors (Lipinski definition) is 5. The van der Waals surface area contributed by atoms with Crippen molar-refractivity contribution in [2.45, 2.75) is 46.2 Å². The van der Waals surface area contributed by atoms with E-state index in [9.17, 15) is 5.11 Å². The van der Waals surface area contributed by atoms with Crippen molar-refractivity contribution >= 4 is 11.5 Å². The number of aryl methyl sites for hydroxylation is 1. The highest BCUT2D eigenvalue weighted by molar-refractivity contribution is 7.05. The quantitative estimate of drug-likeness (QED) is 0.939. The Morgan fingerprint density at radius 1 is 1.24 bits per heavy atom. The monoisotopic (exact) mass is 305 g/mol. The molecule has 0 fully saturated rings. The lowest BCUT2D eigenvalue weighted by Crippen LogP contribution is -2.18. The molecule has 0 radical (unpaired) electrons. The summed E-state index contributed by atoms with van der Waals surface area (Å²) in [6.07, 6.45) is 0. The van der Waals surface area contributed by atoms with Crippen molar-refractivity contribution in [3.8, 4) is 5.75 Å². The van der Waals surface area contributed by atoms with Crippen LogP contribution in [0.15, 0.2) is 18.2 Å². The van der Waals surface area contributed by atoms with E-state index in [-0.39, 0.29) is 5.41 Å². The van der Waals surface area contributed by atoms with E-state index < -0.39 is 0 Å². The summed E-state index contributed by atoms with van der Waals surface area (Å²) in [5.41, 5.74) is 3.26. The third-order valence-electron chi connectivity index (χ3n) is 3.54. The van der Waals surface area contributed by atoms with Gasteiger partial charge in [-0.2, -0.15) is 0 Å². The summed E-state index contributed by atoms with van der Waals surface area (Å²) in [6.45, 7) is 10.0. The molecule has 0 spiro atoms. The molecule has 0 aliphatic heterocycles. The second-order valence-corrected chi connectivity index (χ2v) is 7.39. The molecule has 1 heterocycles. The first-order valence-electron chi connectivity index (χ1n) is 7.06. The van der Waals surface area contributed by atoms with Gasteiger partial charge >= 0.3 is 0 Å². The van der Waals surface area contributed by atoms with Gasteiger partial charge in [0.05, 0.1) is 10.6 Å². The van der Waals surface area contributed by atoms with Gasteiger partial charge in [0, 0.05) is 18.7 Å². The number of hydrogen-bond donors (Lipinski definition) is 1. The molecule has 4 nitrogen and oxygen atoms in total. The lowest BCUT2D eigenvalue weighted by atomic mass is 9.86. The molecule has 1 N–H and O–H groups in total. The largest absolute Gasteiger partial charge is 0.508 e. The molecule has 0 saturated carbocycles. The number of rotatable bonds is 4. The van der Waals surface area contributed by atoms with Crippen LogP contribution in [0.4, 0.5) is 0 Å². The number of phenolic OH excluding ortho intramolecular Hbond substituents is 1. The molecule has 2 aromatic rings. The van der Waals surface area contributed by atoms with E-state index in [1.165, 1.54) is 22.0 Å². The van der Waals surface area contributed by atoms with Crippen LogP contribution >= 0.6 is 11.5 Å². The minimum Gasteiger partial charge on any atom is -0.508 e. The maximum Gasteiger partial charge on any atom is 0.120 e. The molecule has 2 rings (SSSR count). The van der Waals surface area contributed by atoms with Crippen LogP contribution in [0.5, 0.6) is 5.75 Å². The van der Waals surface area contributed by atoms with Gasteiger partial charge < -0.3 is 5.11 Å². The van der Waals surface area contributed by atoms with Crippen LogP contribution in [0.2, 0.25) is 0 Å². The van der Waals surface area contributed by atoms with Crippen molar-refractivity contribution in [1.29, 1.82) is 0 Å². The zero-order valence-electron chi connectivity index (χ0n) is 13.3. The van der Waals surface area contributed by atoms with E-state index in [4.69, 9.17) is 0 Å². The molecule has 21 heavy (non-hydrogen) atoms. The van der Waals surface area contributed by atoms with Gasteiger partial charge in [0.25, 0.3) is 0 Å². The Morgan fingerprint density at radius 2 is 1.95 bits per heavy atom. The molecule has 5 heteroatoms. The van der Waals surface area contributed by atoms with Crippen molar-refractivity contribution in [2.24, 2.45) is 0 Å². The van der Waals surface area contributed by atoms with E-state index in [0.29, 0.717) is 12.3 Å². The SMILES string of the molecule is Cc1nnsc1CN(C)Cc1cc(C(C)(C)C)ccc1O. The second-order valence-electron chi connectivity index (χ2n) is 6.55. The Kier molecular flexibility index (Phi) is 4.64. The summed E-state index contributed by atoms with van der Waals surface area (Å²) in [5, 5.41) is 14.1. The topological polar surface area (TPSA) is 49.2 Å². The van der Waals surface area contributed by atoms with Gasteiger partial charge in [0.2, 0.25) is 0 Å². The molecule has 0 atom stereocenters. The lowest BCUT2D eigenvalue weighted by molar-refractivity contribution is 0.314. The van der Waals surface area contributed by atoms with Crippen LogP contribution in [-0.2, 0) is 18.5 Å². The van der Waals surface area contributed by atoms with Crippen molar-refractivity contribution in [2.75, 3.05) is 7.05 Å². The maximum absolute atomic E-state index is 10.1. The Bertz CT molecular complexity index is 616. The molecule has 0 unspecified atom stereocenters. The summed E-state index contributed by atoms with van der Waals surface area (Å²) in [7, 11) is 2.04. The minimum atomic E-state index is 0.0825. The predicted molar refractivity (Wildman–Crippen MR) is 86.6 cm³/mol. The molecule has 0 aliphatic rings. The molecule has 1 aromatic heterocycles. The molecule has 0 amide bonds. The van der Waals surface area contributed by atoms with Gasteiger partial charge in [-0.25, -0.2) is 0 Å². The molecule has 1 aromatic carbocycles. The van der Waals surface area contributed by atoms with Crippen molar-refractivity contribution in [1.82, 2.24) is 14.5 Å². The van der Waals surface area contributed by atoms with Gasteiger partial charge in [-0.3, -0.25) is 4.90 Å². The van der Waals surface area contributed by atoms with E-state index in [1.807, 2.05) is 20.0 Å². The predicted octanol–water partition coefficient (Wildman–Crippen LogP) is 3.48. The standard InChI is InChI=1S/C16H23N3OS/c1-11-15(21-18-17-11)10-19(5)9-12-8-13(16(2,3)4)6-7-14(12)20/h6-8,20H,9-10H2,1-5H3. The van der Waals surface area contributed by atoms with E-state index in [1.54, 1.807) is 6.07 Å². The van der Waals surface area contributed by atoms with Crippen LogP contribution in [0.25, 0.3) is 0 Å². The zero-order valence-corrected chi connectivity index (χ0v) is 14.2. The van der Waals surface area contributed by atoms with Crippen LogP contribution in [0.3, 0.4) is 0 Å². The first-order valence-corrected chi connectivity index (χ1v) is 7.83. The van der Waals surface area contributed by atoms with Crippen molar-refractivity contribution in [3.63, 3.8) is 0 Å². The summed E-state index contributed by atoms with van der Waals surface area (Å²) in [6, 6.07) is 5.89. The Hall–Kier alpha value is -1.46. The Balaban J connectivity index is 2.13. The maximum atomic E-state index is 10.1. The Morgan fingerprint density at radius 3 is 2.52 bits per heavy atom. The summed E-state index contributed by atoms with van der Waals surface area (Å²) in [4.78, 5) is 3.34. The van der Waals surface area contributed by atoms with Gasteiger partial charge in [-0.05, 0) is 42.5 Å².